The minimum absolute atomic E-state index is 0.155. The summed E-state index contributed by atoms with van der Waals surface area (Å²) >= 11 is 1.50. The number of rotatable bonds is 2. The van der Waals surface area contributed by atoms with Gasteiger partial charge in [-0.25, -0.2) is 0 Å². The third kappa shape index (κ3) is 2.42. The van der Waals surface area contributed by atoms with Crippen molar-refractivity contribution in [2.75, 3.05) is 14.1 Å². The fraction of sp³-hybridized carbons (Fsp3) is 0.105. The SMILES string of the molecule is CN(C)C(=O)c1cc(-c2ccccc2)c(=O)n2ncc3ccsc3c12. The number of thiophene rings is 1. The van der Waals surface area contributed by atoms with E-state index < -0.39 is 0 Å². The van der Waals surface area contributed by atoms with Crippen LogP contribution in [0.1, 0.15) is 10.4 Å². The standard InChI is InChI=1S/C19H15N3O2S/c1-21(2)18(23)15-10-14(12-6-4-3-5-7-12)19(24)22-16(15)17-13(11-20-22)8-9-25-17/h3-11H,1-2H3. The Morgan fingerprint density at radius 2 is 1.92 bits per heavy atom. The number of fused-ring (bicyclic) bond motifs is 3. The van der Waals surface area contributed by atoms with Gasteiger partial charge in [0, 0.05) is 25.0 Å². The van der Waals surface area contributed by atoms with Gasteiger partial charge < -0.3 is 4.90 Å². The molecule has 25 heavy (non-hydrogen) atoms. The Morgan fingerprint density at radius 3 is 2.64 bits per heavy atom. The zero-order valence-corrected chi connectivity index (χ0v) is 14.6. The summed E-state index contributed by atoms with van der Waals surface area (Å²) in [6, 6.07) is 13.0. The average molecular weight is 349 g/mol. The number of benzene rings is 1. The Balaban J connectivity index is 2.18. The predicted octanol–water partition coefficient (Wildman–Crippen LogP) is 3.28. The molecule has 0 fully saturated rings. The second kappa shape index (κ2) is 5.82. The van der Waals surface area contributed by atoms with E-state index in [4.69, 9.17) is 0 Å². The number of aromatic nitrogens is 2. The van der Waals surface area contributed by atoms with E-state index in [-0.39, 0.29) is 11.5 Å². The maximum atomic E-state index is 13.0. The molecule has 0 radical (unpaired) electrons. The number of carbonyl (C=O) groups is 1. The molecule has 0 aliphatic carbocycles. The Bertz CT molecular complexity index is 1160. The summed E-state index contributed by atoms with van der Waals surface area (Å²) < 4.78 is 2.23. The second-order valence-corrected chi connectivity index (χ2v) is 6.87. The van der Waals surface area contributed by atoms with E-state index in [9.17, 15) is 9.59 Å². The van der Waals surface area contributed by atoms with Crippen LogP contribution in [-0.2, 0) is 0 Å². The molecule has 0 atom stereocenters. The van der Waals surface area contributed by atoms with Gasteiger partial charge in [-0.15, -0.1) is 11.3 Å². The highest BCUT2D eigenvalue weighted by atomic mass is 32.1. The highest BCUT2D eigenvalue weighted by molar-refractivity contribution is 7.18. The summed E-state index contributed by atoms with van der Waals surface area (Å²) in [5, 5.41) is 7.17. The first-order valence-electron chi connectivity index (χ1n) is 7.77. The molecular weight excluding hydrogens is 334 g/mol. The van der Waals surface area contributed by atoms with Crippen LogP contribution < -0.4 is 5.56 Å². The first kappa shape index (κ1) is 15.5. The van der Waals surface area contributed by atoms with Crippen molar-refractivity contribution in [3.63, 3.8) is 0 Å². The van der Waals surface area contributed by atoms with E-state index in [1.807, 2.05) is 41.8 Å². The lowest BCUT2D eigenvalue weighted by molar-refractivity contribution is 0.0829. The zero-order valence-electron chi connectivity index (χ0n) is 13.8. The molecule has 0 unspecified atom stereocenters. The Hall–Kier alpha value is -2.99. The first-order valence-corrected chi connectivity index (χ1v) is 8.65. The van der Waals surface area contributed by atoms with Crippen LogP contribution >= 0.6 is 11.3 Å². The van der Waals surface area contributed by atoms with Crippen molar-refractivity contribution >= 4 is 32.8 Å². The normalized spacial score (nSPS) is 11.1. The van der Waals surface area contributed by atoms with Gasteiger partial charge in [0.25, 0.3) is 11.5 Å². The highest BCUT2D eigenvalue weighted by Gasteiger charge is 2.20. The smallest absolute Gasteiger partial charge is 0.279 e. The second-order valence-electron chi connectivity index (χ2n) is 5.95. The fourth-order valence-electron chi connectivity index (χ4n) is 2.89. The van der Waals surface area contributed by atoms with Crippen molar-refractivity contribution < 1.29 is 4.79 Å². The molecule has 1 aromatic carbocycles. The van der Waals surface area contributed by atoms with Gasteiger partial charge in [0.1, 0.15) is 0 Å². The molecule has 6 heteroatoms. The number of pyridine rings is 1. The van der Waals surface area contributed by atoms with Crippen molar-refractivity contribution in [1.82, 2.24) is 14.5 Å². The molecule has 0 bridgehead atoms. The lowest BCUT2D eigenvalue weighted by Gasteiger charge is -2.14. The van der Waals surface area contributed by atoms with Gasteiger partial charge in [0.2, 0.25) is 0 Å². The van der Waals surface area contributed by atoms with Crippen LogP contribution in [0.5, 0.6) is 0 Å². The Labute approximate surface area is 147 Å². The summed E-state index contributed by atoms with van der Waals surface area (Å²) in [6.07, 6.45) is 1.67. The number of amides is 1. The third-order valence-electron chi connectivity index (χ3n) is 4.12. The number of carbonyl (C=O) groups excluding carboxylic acids is 1. The largest absolute Gasteiger partial charge is 0.345 e. The van der Waals surface area contributed by atoms with Gasteiger partial charge in [0.05, 0.1) is 22.0 Å². The van der Waals surface area contributed by atoms with Crippen molar-refractivity contribution in [3.05, 3.63) is 70.0 Å². The molecule has 0 saturated carbocycles. The van der Waals surface area contributed by atoms with Crippen molar-refractivity contribution in [2.45, 2.75) is 0 Å². The molecule has 0 aliphatic rings. The molecule has 3 aromatic heterocycles. The monoisotopic (exact) mass is 349 g/mol. The quantitative estimate of drug-likeness (QED) is 0.558. The molecule has 0 aliphatic heterocycles. The van der Waals surface area contributed by atoms with Gasteiger partial charge in [-0.1, -0.05) is 30.3 Å². The van der Waals surface area contributed by atoms with Crippen molar-refractivity contribution in [1.29, 1.82) is 0 Å². The van der Waals surface area contributed by atoms with Gasteiger partial charge in [-0.05, 0) is 23.1 Å². The van der Waals surface area contributed by atoms with E-state index in [1.54, 1.807) is 26.4 Å². The molecule has 5 nitrogen and oxygen atoms in total. The van der Waals surface area contributed by atoms with Gasteiger partial charge in [-0.3, -0.25) is 9.59 Å². The molecule has 1 amide bonds. The van der Waals surface area contributed by atoms with E-state index in [2.05, 4.69) is 5.10 Å². The summed E-state index contributed by atoms with van der Waals surface area (Å²) in [7, 11) is 3.40. The van der Waals surface area contributed by atoms with Crippen LogP contribution in [-0.4, -0.2) is 34.5 Å². The fourth-order valence-corrected chi connectivity index (χ4v) is 3.81. The maximum absolute atomic E-state index is 13.0. The molecule has 0 saturated heterocycles. The number of nitrogens with zero attached hydrogens (tertiary/aromatic N) is 3. The predicted molar refractivity (Wildman–Crippen MR) is 100 cm³/mol. The lowest BCUT2D eigenvalue weighted by atomic mass is 10.0. The summed E-state index contributed by atoms with van der Waals surface area (Å²) in [4.78, 5) is 27.3. The van der Waals surface area contributed by atoms with Crippen molar-refractivity contribution in [2.24, 2.45) is 0 Å². The minimum atomic E-state index is -0.230. The molecule has 4 aromatic rings. The molecule has 3 heterocycles. The van der Waals surface area contributed by atoms with Gasteiger partial charge >= 0.3 is 0 Å². The first-order chi connectivity index (χ1) is 12.1. The van der Waals surface area contributed by atoms with Gasteiger partial charge in [0.15, 0.2) is 0 Å². The zero-order chi connectivity index (χ0) is 17.6. The number of hydrogen-bond acceptors (Lipinski definition) is 4. The van der Waals surface area contributed by atoms with Crippen LogP contribution in [0.15, 0.2) is 58.8 Å². The van der Waals surface area contributed by atoms with E-state index in [0.29, 0.717) is 16.6 Å². The van der Waals surface area contributed by atoms with Crippen LogP contribution in [0.4, 0.5) is 0 Å². The van der Waals surface area contributed by atoms with E-state index in [1.165, 1.54) is 20.8 Å². The summed E-state index contributed by atoms with van der Waals surface area (Å²) in [5.74, 6) is -0.155. The average Bonchev–Trinajstić information content (AvgIpc) is 3.11. The maximum Gasteiger partial charge on any atom is 0.279 e. The highest BCUT2D eigenvalue weighted by Crippen LogP contribution is 2.28. The Kier molecular flexibility index (Phi) is 3.62. The molecule has 0 N–H and O–H groups in total. The topological polar surface area (TPSA) is 54.7 Å². The minimum Gasteiger partial charge on any atom is -0.345 e. The van der Waals surface area contributed by atoms with Crippen LogP contribution in [0.2, 0.25) is 0 Å². The molecule has 0 spiro atoms. The Morgan fingerprint density at radius 1 is 1.16 bits per heavy atom. The van der Waals surface area contributed by atoms with E-state index >= 15 is 0 Å². The number of hydrogen-bond donors (Lipinski definition) is 0. The summed E-state index contributed by atoms with van der Waals surface area (Å²) in [5.41, 5.74) is 2.04. The third-order valence-corrected chi connectivity index (χ3v) is 5.06. The summed E-state index contributed by atoms with van der Waals surface area (Å²) in [6.45, 7) is 0. The van der Waals surface area contributed by atoms with Crippen LogP contribution in [0.3, 0.4) is 0 Å². The van der Waals surface area contributed by atoms with Crippen molar-refractivity contribution in [3.8, 4) is 11.1 Å². The van der Waals surface area contributed by atoms with E-state index in [0.717, 1.165) is 15.6 Å². The van der Waals surface area contributed by atoms with Gasteiger partial charge in [-0.2, -0.15) is 9.61 Å². The molecule has 4 rings (SSSR count). The molecular formula is C19H15N3O2S. The molecule has 124 valence electrons. The van der Waals surface area contributed by atoms with Crippen LogP contribution in [0, 0.1) is 0 Å². The van der Waals surface area contributed by atoms with Crippen LogP contribution in [0.25, 0.3) is 26.7 Å². The lowest BCUT2D eigenvalue weighted by Crippen LogP contribution is -2.26.